The lowest BCUT2D eigenvalue weighted by Gasteiger charge is -2.38. The fourth-order valence-corrected chi connectivity index (χ4v) is 1.80. The summed E-state index contributed by atoms with van der Waals surface area (Å²) < 4.78 is 0. The van der Waals surface area contributed by atoms with Crippen molar-refractivity contribution in [1.29, 1.82) is 0 Å². The number of nitrogens with zero attached hydrogens (tertiary/aromatic N) is 2. The van der Waals surface area contributed by atoms with Crippen LogP contribution in [-0.2, 0) is 4.79 Å². The highest BCUT2D eigenvalue weighted by Gasteiger charge is 2.41. The van der Waals surface area contributed by atoms with E-state index in [1.807, 2.05) is 14.1 Å². The number of ketones is 1. The third-order valence-electron chi connectivity index (χ3n) is 2.80. The van der Waals surface area contributed by atoms with Crippen LogP contribution >= 0.6 is 0 Å². The number of carbonyl (C=O) groups is 2. The lowest BCUT2D eigenvalue weighted by atomic mass is 9.79. The van der Waals surface area contributed by atoms with Gasteiger partial charge in [-0.05, 0) is 13.8 Å². The van der Waals surface area contributed by atoms with Gasteiger partial charge >= 0.3 is 6.09 Å². The van der Waals surface area contributed by atoms with E-state index in [1.54, 1.807) is 24.9 Å². The molecule has 0 atom stereocenters. The van der Waals surface area contributed by atoms with Crippen LogP contribution in [0, 0.1) is 5.41 Å². The average molecular weight is 226 g/mol. The number of carbonyl (C=O) groups excluding carboxylic acids is 1. The highest BCUT2D eigenvalue weighted by atomic mass is 16.4. The SMILES string of the molecule is CN(C)C=C1N(C(=O)O)CCC(=O)C1(C)C. The van der Waals surface area contributed by atoms with Gasteiger partial charge in [-0.1, -0.05) is 0 Å². The van der Waals surface area contributed by atoms with E-state index in [9.17, 15) is 9.59 Å². The molecular formula is C11H18N2O3. The van der Waals surface area contributed by atoms with Crippen molar-refractivity contribution in [3.8, 4) is 0 Å². The minimum absolute atomic E-state index is 0.0816. The van der Waals surface area contributed by atoms with Gasteiger partial charge in [0, 0.05) is 33.3 Å². The molecule has 1 rings (SSSR count). The zero-order chi connectivity index (χ0) is 12.5. The molecule has 0 aliphatic carbocycles. The smallest absolute Gasteiger partial charge is 0.411 e. The van der Waals surface area contributed by atoms with Gasteiger partial charge in [-0.3, -0.25) is 9.69 Å². The summed E-state index contributed by atoms with van der Waals surface area (Å²) in [4.78, 5) is 25.9. The molecule has 1 aliphatic rings. The Bertz CT molecular complexity index is 345. The monoisotopic (exact) mass is 226 g/mol. The molecule has 0 aromatic carbocycles. The van der Waals surface area contributed by atoms with Crippen molar-refractivity contribution in [3.05, 3.63) is 11.9 Å². The number of Topliss-reactive ketones (excluding diaryl/α,β-unsaturated/α-hetero) is 1. The van der Waals surface area contributed by atoms with Crippen LogP contribution in [0.4, 0.5) is 4.79 Å². The van der Waals surface area contributed by atoms with Crippen LogP contribution in [-0.4, -0.2) is 47.4 Å². The first-order valence-electron chi connectivity index (χ1n) is 5.19. The molecule has 1 aliphatic heterocycles. The van der Waals surface area contributed by atoms with E-state index in [0.717, 1.165) is 0 Å². The summed E-state index contributed by atoms with van der Waals surface area (Å²) in [6.45, 7) is 3.77. The topological polar surface area (TPSA) is 60.9 Å². The fourth-order valence-electron chi connectivity index (χ4n) is 1.80. The van der Waals surface area contributed by atoms with Crippen LogP contribution in [0.2, 0.25) is 0 Å². The number of hydrogen-bond donors (Lipinski definition) is 1. The van der Waals surface area contributed by atoms with Crippen LogP contribution in [0.5, 0.6) is 0 Å². The summed E-state index contributed by atoms with van der Waals surface area (Å²) in [5, 5.41) is 9.10. The largest absolute Gasteiger partial charge is 0.465 e. The number of carboxylic acid groups (broad SMARTS) is 1. The predicted octanol–water partition coefficient (Wildman–Crippen LogP) is 1.37. The van der Waals surface area contributed by atoms with Gasteiger partial charge < -0.3 is 10.0 Å². The van der Waals surface area contributed by atoms with E-state index in [0.29, 0.717) is 5.70 Å². The second kappa shape index (κ2) is 4.15. The van der Waals surface area contributed by atoms with Crippen LogP contribution in [0.3, 0.4) is 0 Å². The summed E-state index contributed by atoms with van der Waals surface area (Å²) in [6, 6.07) is 0. The average Bonchev–Trinajstić information content (AvgIpc) is 2.12. The van der Waals surface area contributed by atoms with Crippen molar-refractivity contribution in [2.45, 2.75) is 20.3 Å². The van der Waals surface area contributed by atoms with Crippen LogP contribution in [0.15, 0.2) is 11.9 Å². The molecule has 16 heavy (non-hydrogen) atoms. The Morgan fingerprint density at radius 3 is 2.50 bits per heavy atom. The standard InChI is InChI=1S/C11H18N2O3/c1-11(2)8(7-12(3)4)13(10(15)16)6-5-9(11)14/h7H,5-6H2,1-4H3,(H,15,16). The quantitative estimate of drug-likeness (QED) is 0.733. The van der Waals surface area contributed by atoms with Gasteiger partial charge in [-0.25, -0.2) is 4.79 Å². The first-order valence-corrected chi connectivity index (χ1v) is 5.19. The van der Waals surface area contributed by atoms with Crippen LogP contribution in [0.1, 0.15) is 20.3 Å². The molecule has 90 valence electrons. The molecule has 5 heteroatoms. The molecule has 1 fully saturated rings. The van der Waals surface area contributed by atoms with Crippen LogP contribution in [0.25, 0.3) is 0 Å². The summed E-state index contributed by atoms with van der Waals surface area (Å²) >= 11 is 0. The predicted molar refractivity (Wildman–Crippen MR) is 59.9 cm³/mol. The molecule has 0 spiro atoms. The highest BCUT2D eigenvalue weighted by Crippen LogP contribution is 2.35. The number of likely N-dealkylation sites (tertiary alicyclic amines) is 1. The Labute approximate surface area is 95.3 Å². The third-order valence-corrected chi connectivity index (χ3v) is 2.80. The molecule has 1 N–H and O–H groups in total. The molecule has 5 nitrogen and oxygen atoms in total. The third kappa shape index (κ3) is 2.18. The Kier molecular flexibility index (Phi) is 3.26. The fraction of sp³-hybridized carbons (Fsp3) is 0.636. The van der Waals surface area contributed by atoms with E-state index in [2.05, 4.69) is 0 Å². The maximum Gasteiger partial charge on any atom is 0.411 e. The molecular weight excluding hydrogens is 208 g/mol. The molecule has 0 aromatic rings. The number of hydrogen-bond acceptors (Lipinski definition) is 3. The molecule has 1 saturated heterocycles. The van der Waals surface area contributed by atoms with Gasteiger partial charge in [0.05, 0.1) is 11.1 Å². The number of piperidine rings is 1. The van der Waals surface area contributed by atoms with Crippen molar-refractivity contribution in [2.24, 2.45) is 5.41 Å². The van der Waals surface area contributed by atoms with Gasteiger partial charge in [0.1, 0.15) is 5.78 Å². The van der Waals surface area contributed by atoms with E-state index in [-0.39, 0.29) is 18.7 Å². The van der Waals surface area contributed by atoms with E-state index >= 15 is 0 Å². The highest BCUT2D eigenvalue weighted by molar-refractivity contribution is 5.90. The first kappa shape index (κ1) is 12.5. The van der Waals surface area contributed by atoms with Crippen molar-refractivity contribution in [1.82, 2.24) is 9.80 Å². The minimum atomic E-state index is -1.01. The maximum absolute atomic E-state index is 11.8. The first-order chi connectivity index (χ1) is 7.26. The summed E-state index contributed by atoms with van der Waals surface area (Å²) in [7, 11) is 3.62. The Hall–Kier alpha value is -1.52. The number of amides is 1. The minimum Gasteiger partial charge on any atom is -0.465 e. The maximum atomic E-state index is 11.8. The second-order valence-corrected chi connectivity index (χ2v) is 4.71. The lowest BCUT2D eigenvalue weighted by molar-refractivity contribution is -0.128. The molecule has 0 saturated carbocycles. The number of allylic oxidation sites excluding steroid dienone is 1. The normalized spacial score (nSPS) is 22.4. The molecule has 0 radical (unpaired) electrons. The van der Waals surface area contributed by atoms with E-state index < -0.39 is 11.5 Å². The van der Waals surface area contributed by atoms with Crippen molar-refractivity contribution < 1.29 is 14.7 Å². The molecule has 0 unspecified atom stereocenters. The summed E-state index contributed by atoms with van der Waals surface area (Å²) in [5.74, 6) is 0.0816. The van der Waals surface area contributed by atoms with Crippen molar-refractivity contribution in [2.75, 3.05) is 20.6 Å². The summed E-state index contributed by atoms with van der Waals surface area (Å²) in [5.41, 5.74) is -0.192. The van der Waals surface area contributed by atoms with Gasteiger partial charge in [0.2, 0.25) is 0 Å². The van der Waals surface area contributed by atoms with Gasteiger partial charge in [0.15, 0.2) is 0 Å². The summed E-state index contributed by atoms with van der Waals surface area (Å²) in [6.07, 6.45) is 0.976. The Morgan fingerprint density at radius 1 is 1.50 bits per heavy atom. The van der Waals surface area contributed by atoms with Crippen LogP contribution < -0.4 is 0 Å². The molecule has 0 aromatic heterocycles. The molecule has 1 heterocycles. The molecule has 1 amide bonds. The van der Waals surface area contributed by atoms with E-state index in [1.165, 1.54) is 4.90 Å². The lowest BCUT2D eigenvalue weighted by Crippen LogP contribution is -2.46. The number of rotatable bonds is 1. The zero-order valence-corrected chi connectivity index (χ0v) is 10.1. The van der Waals surface area contributed by atoms with Crippen molar-refractivity contribution >= 4 is 11.9 Å². The van der Waals surface area contributed by atoms with Crippen molar-refractivity contribution in [3.63, 3.8) is 0 Å². The zero-order valence-electron chi connectivity index (χ0n) is 10.1. The molecule has 0 bridgehead atoms. The Morgan fingerprint density at radius 2 is 2.06 bits per heavy atom. The van der Waals surface area contributed by atoms with Gasteiger partial charge in [-0.15, -0.1) is 0 Å². The van der Waals surface area contributed by atoms with Gasteiger partial charge in [-0.2, -0.15) is 0 Å². The van der Waals surface area contributed by atoms with E-state index in [4.69, 9.17) is 5.11 Å². The second-order valence-electron chi connectivity index (χ2n) is 4.71. The Balaban J connectivity index is 3.17. The van der Waals surface area contributed by atoms with Gasteiger partial charge in [0.25, 0.3) is 0 Å².